The zero-order valence-electron chi connectivity index (χ0n) is 8.52. The topological polar surface area (TPSA) is 0 Å². The minimum atomic E-state index is 0.219. The molecule has 74 valence electrons. The van der Waals surface area contributed by atoms with Crippen molar-refractivity contribution >= 4 is 13.2 Å². The summed E-state index contributed by atoms with van der Waals surface area (Å²) < 4.78 is 0. The summed E-state index contributed by atoms with van der Waals surface area (Å²) in [5.74, 6) is 1.10. The van der Waals surface area contributed by atoms with Crippen LogP contribution < -0.4 is 5.30 Å². The first kappa shape index (κ1) is 8.92. The maximum atomic E-state index is 2.35. The number of hydrogen-bond acceptors (Lipinski definition) is 0. The third-order valence-electron chi connectivity index (χ3n) is 3.85. The van der Waals surface area contributed by atoms with Crippen LogP contribution in [0.4, 0.5) is 0 Å². The van der Waals surface area contributed by atoms with Crippen LogP contribution in [0, 0.1) is 5.92 Å². The van der Waals surface area contributed by atoms with Crippen molar-refractivity contribution in [1.29, 1.82) is 0 Å². The Kier molecular flexibility index (Phi) is 2.33. The van der Waals surface area contributed by atoms with E-state index in [1.165, 1.54) is 31.8 Å². The Hall–Kier alpha value is -0.350. The van der Waals surface area contributed by atoms with Gasteiger partial charge in [0, 0.05) is 0 Å². The molecule has 1 aromatic carbocycles. The maximum Gasteiger partial charge on any atom is -0.0140 e. The van der Waals surface area contributed by atoms with Crippen molar-refractivity contribution in [2.24, 2.45) is 5.92 Å². The summed E-state index contributed by atoms with van der Waals surface area (Å²) in [4.78, 5) is 0. The highest BCUT2D eigenvalue weighted by Gasteiger charge is 2.39. The Bertz CT molecular complexity index is 306. The highest BCUT2D eigenvalue weighted by molar-refractivity contribution is 7.66. The lowest BCUT2D eigenvalue weighted by atomic mass is 10.1. The van der Waals surface area contributed by atoms with E-state index in [2.05, 4.69) is 30.3 Å². The highest BCUT2D eigenvalue weighted by Crippen LogP contribution is 2.57. The Morgan fingerprint density at radius 1 is 1.00 bits per heavy atom. The van der Waals surface area contributed by atoms with E-state index < -0.39 is 0 Å². The van der Waals surface area contributed by atoms with E-state index in [0.717, 1.165) is 11.6 Å². The summed E-state index contributed by atoms with van der Waals surface area (Å²) >= 11 is 0. The summed E-state index contributed by atoms with van der Waals surface area (Å²) in [5.41, 5.74) is 1.09. The molecule has 0 spiro atoms. The molecule has 2 aliphatic rings. The molecule has 14 heavy (non-hydrogen) atoms. The van der Waals surface area contributed by atoms with E-state index in [1.54, 1.807) is 5.30 Å². The third kappa shape index (κ3) is 1.41. The first-order valence-electron chi connectivity index (χ1n) is 5.77. The Balaban J connectivity index is 1.86. The average Bonchev–Trinajstić information content (AvgIpc) is 2.79. The van der Waals surface area contributed by atoms with Crippen molar-refractivity contribution in [3.8, 4) is 0 Å². The first-order chi connectivity index (χ1) is 6.95. The van der Waals surface area contributed by atoms with Gasteiger partial charge in [0.1, 0.15) is 0 Å². The quantitative estimate of drug-likeness (QED) is 0.615. The number of hydrogen-bond donors (Lipinski definition) is 0. The molecule has 2 fully saturated rings. The second-order valence-electron chi connectivity index (χ2n) is 4.58. The second-order valence-corrected chi connectivity index (χ2v) is 7.14. The van der Waals surface area contributed by atoms with Gasteiger partial charge >= 0.3 is 0 Å². The molecule has 1 aliphatic carbocycles. The summed E-state index contributed by atoms with van der Waals surface area (Å²) in [6.45, 7) is 0. The van der Waals surface area contributed by atoms with Crippen molar-refractivity contribution < 1.29 is 0 Å². The zero-order chi connectivity index (χ0) is 9.38. The molecule has 1 heteroatoms. The molecule has 0 aromatic heterocycles. The smallest absolute Gasteiger partial charge is 0.0140 e. The monoisotopic (exact) mass is 204 g/mol. The van der Waals surface area contributed by atoms with E-state index in [9.17, 15) is 0 Å². The van der Waals surface area contributed by atoms with Crippen LogP contribution in [0.2, 0.25) is 0 Å². The molecule has 1 heterocycles. The molecule has 0 bridgehead atoms. The molecular formula is C13H17P. The fourth-order valence-corrected chi connectivity index (χ4v) is 6.61. The lowest BCUT2D eigenvalue weighted by Crippen LogP contribution is -2.10. The predicted molar refractivity (Wildman–Crippen MR) is 63.6 cm³/mol. The van der Waals surface area contributed by atoms with Gasteiger partial charge in [0.25, 0.3) is 0 Å². The van der Waals surface area contributed by atoms with Crippen molar-refractivity contribution in [2.45, 2.75) is 31.3 Å². The third-order valence-corrected chi connectivity index (χ3v) is 7.03. The summed E-state index contributed by atoms with van der Waals surface area (Å²) in [5, 5.41) is 1.66. The van der Waals surface area contributed by atoms with Crippen LogP contribution in [0.3, 0.4) is 0 Å². The van der Waals surface area contributed by atoms with Crippen LogP contribution in [-0.2, 0) is 0 Å². The van der Waals surface area contributed by atoms with E-state index >= 15 is 0 Å². The van der Waals surface area contributed by atoms with E-state index in [0.29, 0.717) is 0 Å². The van der Waals surface area contributed by atoms with Gasteiger partial charge in [-0.1, -0.05) is 44.7 Å². The summed E-state index contributed by atoms with van der Waals surface area (Å²) in [6, 6.07) is 11.3. The lowest BCUT2D eigenvalue weighted by Gasteiger charge is -2.19. The van der Waals surface area contributed by atoms with Gasteiger partial charge < -0.3 is 0 Å². The van der Waals surface area contributed by atoms with Gasteiger partial charge in [-0.15, -0.1) is 0 Å². The molecule has 0 nitrogen and oxygen atoms in total. The van der Waals surface area contributed by atoms with Crippen LogP contribution in [0.5, 0.6) is 0 Å². The van der Waals surface area contributed by atoms with Crippen LogP contribution in [0.1, 0.15) is 25.7 Å². The SMILES string of the molecule is c1ccc([P@]2CC[C@H]3CCC[C@H]32)cc1. The van der Waals surface area contributed by atoms with Gasteiger partial charge in [-0.2, -0.15) is 0 Å². The van der Waals surface area contributed by atoms with Gasteiger partial charge in [0.2, 0.25) is 0 Å². The van der Waals surface area contributed by atoms with Gasteiger partial charge in [0.15, 0.2) is 0 Å². The Morgan fingerprint density at radius 2 is 1.86 bits per heavy atom. The molecule has 1 aromatic rings. The van der Waals surface area contributed by atoms with Crippen LogP contribution in [0.25, 0.3) is 0 Å². The fraction of sp³-hybridized carbons (Fsp3) is 0.538. The fourth-order valence-electron chi connectivity index (χ4n) is 3.18. The normalized spacial score (nSPS) is 35.9. The predicted octanol–water partition coefficient (Wildman–Crippen LogP) is 3.37. The van der Waals surface area contributed by atoms with Crippen molar-refractivity contribution in [2.75, 3.05) is 6.16 Å². The van der Waals surface area contributed by atoms with Gasteiger partial charge in [-0.3, -0.25) is 0 Å². The number of benzene rings is 1. The second kappa shape index (κ2) is 3.66. The standard InChI is InChI=1S/C13H17P/c1-2-6-12(7-3-1)14-10-9-11-5-4-8-13(11)14/h1-3,6-7,11,13H,4-5,8-10H2/t11-,13-,14+/m1/s1. The average molecular weight is 204 g/mol. The minimum Gasteiger partial charge on any atom is -0.0719 e. The molecule has 3 atom stereocenters. The number of fused-ring (bicyclic) bond motifs is 1. The Morgan fingerprint density at radius 3 is 2.71 bits per heavy atom. The van der Waals surface area contributed by atoms with Crippen LogP contribution in [-0.4, -0.2) is 11.8 Å². The first-order valence-corrected chi connectivity index (χ1v) is 7.36. The Labute approximate surface area is 87.5 Å². The van der Waals surface area contributed by atoms with Crippen molar-refractivity contribution in [1.82, 2.24) is 0 Å². The molecule has 1 aliphatic heterocycles. The molecule has 3 rings (SSSR count). The zero-order valence-corrected chi connectivity index (χ0v) is 9.42. The molecular weight excluding hydrogens is 187 g/mol. The van der Waals surface area contributed by atoms with Gasteiger partial charge in [0.05, 0.1) is 0 Å². The van der Waals surface area contributed by atoms with E-state index in [4.69, 9.17) is 0 Å². The van der Waals surface area contributed by atoms with Crippen molar-refractivity contribution in [3.63, 3.8) is 0 Å². The van der Waals surface area contributed by atoms with Gasteiger partial charge in [-0.25, -0.2) is 0 Å². The summed E-state index contributed by atoms with van der Waals surface area (Å²) in [6.07, 6.45) is 7.57. The lowest BCUT2D eigenvalue weighted by molar-refractivity contribution is 0.568. The van der Waals surface area contributed by atoms with E-state index in [-0.39, 0.29) is 7.92 Å². The molecule has 1 saturated carbocycles. The minimum absolute atomic E-state index is 0.219. The van der Waals surface area contributed by atoms with Crippen molar-refractivity contribution in [3.05, 3.63) is 30.3 Å². The highest BCUT2D eigenvalue weighted by atomic mass is 31.1. The molecule has 0 amide bonds. The van der Waals surface area contributed by atoms with Gasteiger partial charge in [-0.05, 0) is 42.3 Å². The number of rotatable bonds is 1. The largest absolute Gasteiger partial charge is 0.0719 e. The molecule has 0 radical (unpaired) electrons. The summed E-state index contributed by atoms with van der Waals surface area (Å²) in [7, 11) is 0.219. The van der Waals surface area contributed by atoms with Crippen LogP contribution >= 0.6 is 7.92 Å². The van der Waals surface area contributed by atoms with E-state index in [1.807, 2.05) is 0 Å². The molecule has 0 unspecified atom stereocenters. The molecule has 0 N–H and O–H groups in total. The van der Waals surface area contributed by atoms with Crippen LogP contribution in [0.15, 0.2) is 30.3 Å². The maximum absolute atomic E-state index is 2.35. The molecule has 1 saturated heterocycles.